The maximum atomic E-state index is 12.4. The predicted molar refractivity (Wildman–Crippen MR) is 47.7 cm³/mol. The molecule has 0 radical (unpaired) electrons. The lowest BCUT2D eigenvalue weighted by molar-refractivity contribution is 0.0861. The van der Waals surface area contributed by atoms with Crippen LogP contribution in [0.1, 0.15) is 6.92 Å². The Balaban J connectivity index is 2.86. The fourth-order valence-corrected chi connectivity index (χ4v) is 1.20. The van der Waals surface area contributed by atoms with Gasteiger partial charge in [0.15, 0.2) is 0 Å². The van der Waals surface area contributed by atoms with Crippen LogP contribution in [0.5, 0.6) is 5.75 Å². The van der Waals surface area contributed by atoms with Crippen LogP contribution in [0.2, 0.25) is 10.0 Å². The van der Waals surface area contributed by atoms with Gasteiger partial charge in [-0.2, -0.15) is 0 Å². The highest BCUT2D eigenvalue weighted by Crippen LogP contribution is 2.28. The Morgan fingerprint density at radius 1 is 1.42 bits per heavy atom. The van der Waals surface area contributed by atoms with Crippen molar-refractivity contribution in [2.24, 2.45) is 0 Å². The van der Waals surface area contributed by atoms with Crippen molar-refractivity contribution in [2.45, 2.75) is 13.3 Å². The average molecular weight is 209 g/mol. The molecule has 4 heteroatoms. The maximum absolute atomic E-state index is 12.4. The molecule has 1 nitrogen and oxygen atoms in total. The van der Waals surface area contributed by atoms with Crippen LogP contribution >= 0.6 is 23.2 Å². The highest BCUT2D eigenvalue weighted by atomic mass is 35.5. The van der Waals surface area contributed by atoms with E-state index in [4.69, 9.17) is 27.9 Å². The standard InChI is InChI=1S/C8H7Cl2FO/c1-5(11)12-8-3-2-6(9)4-7(8)10/h2-5H,1H3. The predicted octanol–water partition coefficient (Wildman–Crippen LogP) is 3.69. The molecule has 0 spiro atoms. The van der Waals surface area contributed by atoms with Crippen molar-refractivity contribution in [3.8, 4) is 5.75 Å². The van der Waals surface area contributed by atoms with Crippen molar-refractivity contribution in [1.82, 2.24) is 0 Å². The molecule has 0 aliphatic heterocycles. The molecular formula is C8H7Cl2FO. The van der Waals surface area contributed by atoms with Crippen molar-refractivity contribution in [1.29, 1.82) is 0 Å². The highest BCUT2D eigenvalue weighted by Gasteiger charge is 2.05. The van der Waals surface area contributed by atoms with Crippen LogP contribution in [0.3, 0.4) is 0 Å². The summed E-state index contributed by atoms with van der Waals surface area (Å²) >= 11 is 11.3. The summed E-state index contributed by atoms with van der Waals surface area (Å²) in [4.78, 5) is 0. The van der Waals surface area contributed by atoms with Gasteiger partial charge in [0.05, 0.1) is 5.02 Å². The molecule has 1 atom stereocenters. The summed E-state index contributed by atoms with van der Waals surface area (Å²) in [7, 11) is 0. The molecule has 0 saturated carbocycles. The third-order valence-electron chi connectivity index (χ3n) is 1.18. The van der Waals surface area contributed by atoms with Gasteiger partial charge in [0.25, 0.3) is 0 Å². The molecule has 0 aliphatic rings. The van der Waals surface area contributed by atoms with E-state index in [1.165, 1.54) is 19.1 Å². The van der Waals surface area contributed by atoms with E-state index < -0.39 is 6.36 Å². The smallest absolute Gasteiger partial charge is 0.235 e. The normalized spacial score (nSPS) is 12.7. The van der Waals surface area contributed by atoms with Crippen LogP contribution in [-0.2, 0) is 0 Å². The van der Waals surface area contributed by atoms with Crippen molar-refractivity contribution < 1.29 is 9.13 Å². The van der Waals surface area contributed by atoms with Crippen LogP contribution in [0.15, 0.2) is 18.2 Å². The van der Waals surface area contributed by atoms with E-state index in [-0.39, 0.29) is 0 Å². The minimum Gasteiger partial charge on any atom is -0.459 e. The number of ether oxygens (including phenoxy) is 1. The zero-order valence-corrected chi connectivity index (χ0v) is 7.86. The van der Waals surface area contributed by atoms with E-state index in [9.17, 15) is 4.39 Å². The molecule has 0 bridgehead atoms. The first-order valence-electron chi connectivity index (χ1n) is 3.35. The van der Waals surface area contributed by atoms with Gasteiger partial charge in [-0.05, 0) is 18.2 Å². The number of hydrogen-bond donors (Lipinski definition) is 0. The molecule has 0 aromatic heterocycles. The van der Waals surface area contributed by atoms with Crippen LogP contribution in [0, 0.1) is 0 Å². The minimum atomic E-state index is -1.37. The Bertz CT molecular complexity index is 276. The number of hydrogen-bond acceptors (Lipinski definition) is 1. The molecule has 0 saturated heterocycles. The van der Waals surface area contributed by atoms with Gasteiger partial charge in [-0.3, -0.25) is 0 Å². The number of rotatable bonds is 2. The molecule has 1 aromatic rings. The molecular weight excluding hydrogens is 202 g/mol. The molecule has 66 valence electrons. The SMILES string of the molecule is CC(F)Oc1ccc(Cl)cc1Cl. The Morgan fingerprint density at radius 3 is 2.58 bits per heavy atom. The second kappa shape index (κ2) is 3.97. The molecule has 0 fully saturated rings. The van der Waals surface area contributed by atoms with Crippen molar-refractivity contribution in [2.75, 3.05) is 0 Å². The third kappa shape index (κ3) is 2.54. The van der Waals surface area contributed by atoms with Gasteiger partial charge in [-0.1, -0.05) is 23.2 Å². The van der Waals surface area contributed by atoms with E-state index in [1.807, 2.05) is 0 Å². The topological polar surface area (TPSA) is 9.23 Å². The van der Waals surface area contributed by atoms with Crippen molar-refractivity contribution in [3.05, 3.63) is 28.2 Å². The lowest BCUT2D eigenvalue weighted by atomic mass is 10.3. The lowest BCUT2D eigenvalue weighted by Gasteiger charge is -2.07. The second-order valence-corrected chi connectivity index (χ2v) is 3.08. The molecule has 0 amide bonds. The largest absolute Gasteiger partial charge is 0.459 e. The van der Waals surface area contributed by atoms with Crippen LogP contribution in [-0.4, -0.2) is 6.36 Å². The number of benzene rings is 1. The molecule has 0 aliphatic carbocycles. The summed E-state index contributed by atoms with van der Waals surface area (Å²) in [5, 5.41) is 0.811. The number of alkyl halides is 1. The third-order valence-corrected chi connectivity index (χ3v) is 1.71. The Morgan fingerprint density at radius 2 is 2.08 bits per heavy atom. The molecule has 1 aromatic carbocycles. The van der Waals surface area contributed by atoms with E-state index in [1.54, 1.807) is 6.07 Å². The van der Waals surface area contributed by atoms with Crippen LogP contribution in [0.4, 0.5) is 4.39 Å². The van der Waals surface area contributed by atoms with Gasteiger partial charge in [0.2, 0.25) is 6.36 Å². The monoisotopic (exact) mass is 208 g/mol. The summed E-state index contributed by atoms with van der Waals surface area (Å²) in [5.41, 5.74) is 0. The highest BCUT2D eigenvalue weighted by molar-refractivity contribution is 6.35. The Hall–Kier alpha value is -0.470. The van der Waals surface area contributed by atoms with E-state index in [0.717, 1.165) is 0 Å². The molecule has 0 heterocycles. The quantitative estimate of drug-likeness (QED) is 0.721. The molecule has 12 heavy (non-hydrogen) atoms. The van der Waals surface area contributed by atoms with Gasteiger partial charge in [0.1, 0.15) is 5.75 Å². The molecule has 1 unspecified atom stereocenters. The summed E-state index contributed by atoms with van der Waals surface area (Å²) < 4.78 is 17.1. The first-order valence-corrected chi connectivity index (χ1v) is 4.11. The van der Waals surface area contributed by atoms with E-state index >= 15 is 0 Å². The van der Waals surface area contributed by atoms with Gasteiger partial charge in [-0.15, -0.1) is 0 Å². The maximum Gasteiger partial charge on any atom is 0.235 e. The fraction of sp³-hybridized carbons (Fsp3) is 0.250. The molecule has 0 N–H and O–H groups in total. The van der Waals surface area contributed by atoms with Gasteiger partial charge in [0, 0.05) is 11.9 Å². The summed E-state index contributed by atoms with van der Waals surface area (Å²) in [6.45, 7) is 1.28. The first-order chi connectivity index (χ1) is 5.59. The number of halogens is 3. The van der Waals surface area contributed by atoms with Crippen molar-refractivity contribution in [3.63, 3.8) is 0 Å². The van der Waals surface area contributed by atoms with Gasteiger partial charge in [-0.25, -0.2) is 4.39 Å². The summed E-state index contributed by atoms with van der Waals surface area (Å²) in [6.07, 6.45) is -1.37. The van der Waals surface area contributed by atoms with Gasteiger partial charge >= 0.3 is 0 Å². The summed E-state index contributed by atoms with van der Waals surface area (Å²) in [5.74, 6) is 0.302. The average Bonchev–Trinajstić information content (AvgIpc) is 1.94. The van der Waals surface area contributed by atoms with Crippen molar-refractivity contribution >= 4 is 23.2 Å². The van der Waals surface area contributed by atoms with E-state index in [0.29, 0.717) is 15.8 Å². The van der Waals surface area contributed by atoms with Crippen LogP contribution < -0.4 is 4.74 Å². The second-order valence-electron chi connectivity index (χ2n) is 2.24. The van der Waals surface area contributed by atoms with E-state index in [2.05, 4.69) is 0 Å². The zero-order valence-electron chi connectivity index (χ0n) is 6.35. The molecule has 1 rings (SSSR count). The first kappa shape index (κ1) is 9.62. The zero-order chi connectivity index (χ0) is 9.14. The summed E-state index contributed by atoms with van der Waals surface area (Å²) in [6, 6.07) is 4.62. The lowest BCUT2D eigenvalue weighted by Crippen LogP contribution is -2.03. The Labute approximate surface area is 80.0 Å². The van der Waals surface area contributed by atoms with Crippen LogP contribution in [0.25, 0.3) is 0 Å². The van der Waals surface area contributed by atoms with Gasteiger partial charge < -0.3 is 4.74 Å². The fourth-order valence-electron chi connectivity index (χ4n) is 0.746. The minimum absolute atomic E-state index is 0.302. The Kier molecular flexibility index (Phi) is 3.18.